The lowest BCUT2D eigenvalue weighted by Gasteiger charge is -2.32. The fourth-order valence-electron chi connectivity index (χ4n) is 2.28. The summed E-state index contributed by atoms with van der Waals surface area (Å²) in [7, 11) is 0. The SMILES string of the molecule is CCOC(=O)C1(C)Oc2ccc(Nc3nc(Cl)ncc3F)cc2NC1=O. The molecule has 2 heterocycles. The minimum Gasteiger partial charge on any atom is -0.464 e. The van der Waals surface area contributed by atoms with Crippen LogP contribution in [-0.4, -0.2) is 34.1 Å². The smallest absolute Gasteiger partial charge is 0.360 e. The Labute approximate surface area is 152 Å². The Kier molecular flexibility index (Phi) is 4.64. The van der Waals surface area contributed by atoms with Gasteiger partial charge in [-0.05, 0) is 43.6 Å². The molecule has 0 saturated carbocycles. The fourth-order valence-corrected chi connectivity index (χ4v) is 2.41. The normalized spacial score (nSPS) is 18.4. The Morgan fingerprint density at radius 1 is 1.50 bits per heavy atom. The third-order valence-electron chi connectivity index (χ3n) is 3.62. The molecule has 1 aromatic carbocycles. The first-order chi connectivity index (χ1) is 12.3. The van der Waals surface area contributed by atoms with E-state index in [0.717, 1.165) is 6.20 Å². The second-order valence-electron chi connectivity index (χ2n) is 5.48. The summed E-state index contributed by atoms with van der Waals surface area (Å²) in [5, 5.41) is 5.20. The van der Waals surface area contributed by atoms with Crippen LogP contribution in [0.25, 0.3) is 0 Å². The predicted molar refractivity (Wildman–Crippen MR) is 91.0 cm³/mol. The summed E-state index contributed by atoms with van der Waals surface area (Å²) in [5.41, 5.74) is -1.06. The van der Waals surface area contributed by atoms with Crippen molar-refractivity contribution in [2.24, 2.45) is 0 Å². The van der Waals surface area contributed by atoms with Gasteiger partial charge >= 0.3 is 5.97 Å². The van der Waals surface area contributed by atoms with Crippen LogP contribution in [0.15, 0.2) is 24.4 Å². The maximum Gasteiger partial charge on any atom is 0.360 e. The maximum atomic E-state index is 13.7. The quantitative estimate of drug-likeness (QED) is 0.477. The van der Waals surface area contributed by atoms with Crippen LogP contribution in [0.4, 0.5) is 21.6 Å². The van der Waals surface area contributed by atoms with Gasteiger partial charge in [-0.25, -0.2) is 14.2 Å². The summed E-state index contributed by atoms with van der Waals surface area (Å²) in [6, 6.07) is 4.60. The average molecular weight is 381 g/mol. The van der Waals surface area contributed by atoms with Gasteiger partial charge in [0.05, 0.1) is 18.5 Å². The highest BCUT2D eigenvalue weighted by molar-refractivity contribution is 6.28. The number of aromatic nitrogens is 2. The van der Waals surface area contributed by atoms with E-state index in [1.165, 1.54) is 19.1 Å². The van der Waals surface area contributed by atoms with E-state index in [2.05, 4.69) is 20.6 Å². The Bertz CT molecular complexity index is 895. The average Bonchev–Trinajstić information content (AvgIpc) is 2.59. The second kappa shape index (κ2) is 6.75. The third kappa shape index (κ3) is 3.25. The van der Waals surface area contributed by atoms with E-state index in [-0.39, 0.29) is 23.5 Å². The number of benzene rings is 1. The van der Waals surface area contributed by atoms with E-state index in [0.29, 0.717) is 11.4 Å². The van der Waals surface area contributed by atoms with Gasteiger partial charge in [-0.3, -0.25) is 4.79 Å². The Hall–Kier alpha value is -2.94. The molecule has 8 nitrogen and oxygen atoms in total. The van der Waals surface area contributed by atoms with E-state index < -0.39 is 23.3 Å². The number of halogens is 2. The summed E-state index contributed by atoms with van der Waals surface area (Å²) in [6.45, 7) is 3.08. The van der Waals surface area contributed by atoms with Crippen molar-refractivity contribution in [1.82, 2.24) is 9.97 Å². The van der Waals surface area contributed by atoms with Crippen molar-refractivity contribution in [2.45, 2.75) is 19.4 Å². The van der Waals surface area contributed by atoms with Crippen molar-refractivity contribution < 1.29 is 23.5 Å². The lowest BCUT2D eigenvalue weighted by molar-refractivity contribution is -0.165. The van der Waals surface area contributed by atoms with Gasteiger partial charge in [0.1, 0.15) is 5.75 Å². The molecule has 0 aliphatic carbocycles. The summed E-state index contributed by atoms with van der Waals surface area (Å²) >= 11 is 5.65. The van der Waals surface area contributed by atoms with Crippen molar-refractivity contribution in [3.8, 4) is 5.75 Å². The van der Waals surface area contributed by atoms with Gasteiger partial charge in [0.15, 0.2) is 11.6 Å². The van der Waals surface area contributed by atoms with Gasteiger partial charge < -0.3 is 20.1 Å². The molecule has 1 atom stereocenters. The highest BCUT2D eigenvalue weighted by atomic mass is 35.5. The van der Waals surface area contributed by atoms with E-state index >= 15 is 0 Å². The molecule has 0 bridgehead atoms. The number of rotatable bonds is 4. The van der Waals surface area contributed by atoms with Crippen LogP contribution in [0.2, 0.25) is 5.28 Å². The monoisotopic (exact) mass is 380 g/mol. The minimum atomic E-state index is -1.79. The summed E-state index contributed by atoms with van der Waals surface area (Å²) in [6.07, 6.45) is 0.936. The number of nitrogens with zero attached hydrogens (tertiary/aromatic N) is 2. The lowest BCUT2D eigenvalue weighted by atomic mass is 10.0. The molecular weight excluding hydrogens is 367 g/mol. The van der Waals surface area contributed by atoms with Crippen LogP contribution < -0.4 is 15.4 Å². The van der Waals surface area contributed by atoms with Crippen molar-refractivity contribution in [2.75, 3.05) is 17.2 Å². The van der Waals surface area contributed by atoms with Gasteiger partial charge in [-0.2, -0.15) is 4.98 Å². The Morgan fingerprint density at radius 3 is 3.00 bits per heavy atom. The van der Waals surface area contributed by atoms with Crippen LogP contribution in [-0.2, 0) is 14.3 Å². The fraction of sp³-hybridized carbons (Fsp3) is 0.250. The molecule has 0 spiro atoms. The molecule has 1 unspecified atom stereocenters. The highest BCUT2D eigenvalue weighted by Gasteiger charge is 2.48. The lowest BCUT2D eigenvalue weighted by Crippen LogP contribution is -2.55. The number of carbonyl (C=O) groups is 2. The molecule has 136 valence electrons. The zero-order valence-corrected chi connectivity index (χ0v) is 14.6. The van der Waals surface area contributed by atoms with Crippen molar-refractivity contribution in [3.05, 3.63) is 35.5 Å². The maximum absolute atomic E-state index is 13.7. The zero-order valence-electron chi connectivity index (χ0n) is 13.8. The van der Waals surface area contributed by atoms with Gasteiger partial charge in [-0.15, -0.1) is 0 Å². The first kappa shape index (κ1) is 17.9. The number of esters is 1. The molecule has 2 aromatic rings. The number of carbonyl (C=O) groups excluding carboxylic acids is 2. The molecule has 1 aliphatic heterocycles. The van der Waals surface area contributed by atoms with Crippen LogP contribution in [0, 0.1) is 5.82 Å². The molecule has 1 aromatic heterocycles. The largest absolute Gasteiger partial charge is 0.464 e. The number of hydrogen-bond donors (Lipinski definition) is 2. The summed E-state index contributed by atoms with van der Waals surface area (Å²) in [5.74, 6) is -2.00. The third-order valence-corrected chi connectivity index (χ3v) is 3.80. The van der Waals surface area contributed by atoms with Crippen LogP contribution in [0.1, 0.15) is 13.8 Å². The number of ether oxygens (including phenoxy) is 2. The Balaban J connectivity index is 1.87. The molecule has 1 aliphatic rings. The van der Waals surface area contributed by atoms with E-state index in [9.17, 15) is 14.0 Å². The number of anilines is 3. The van der Waals surface area contributed by atoms with Crippen molar-refractivity contribution in [3.63, 3.8) is 0 Å². The zero-order chi connectivity index (χ0) is 18.9. The second-order valence-corrected chi connectivity index (χ2v) is 5.82. The highest BCUT2D eigenvalue weighted by Crippen LogP contribution is 2.36. The molecule has 1 amide bonds. The molecule has 0 fully saturated rings. The standard InChI is InChI=1S/C16H14ClFN4O4/c1-3-25-14(24)16(2)13(23)21-10-6-8(4-5-11(10)26-16)20-12-9(18)7-19-15(17)22-12/h4-7H,3H2,1-2H3,(H,21,23)(H,19,20,22). The first-order valence-corrected chi connectivity index (χ1v) is 7.98. The van der Waals surface area contributed by atoms with Gasteiger partial charge in [0, 0.05) is 5.69 Å². The number of nitrogens with one attached hydrogen (secondary N) is 2. The van der Waals surface area contributed by atoms with Gasteiger partial charge in [0.2, 0.25) is 5.28 Å². The minimum absolute atomic E-state index is 0.117. The molecular formula is C16H14ClFN4O4. The molecule has 0 saturated heterocycles. The van der Waals surface area contributed by atoms with E-state index in [4.69, 9.17) is 21.1 Å². The van der Waals surface area contributed by atoms with E-state index in [1.807, 2.05) is 0 Å². The molecule has 0 radical (unpaired) electrons. The number of amides is 1. The summed E-state index contributed by atoms with van der Waals surface area (Å²) in [4.78, 5) is 31.6. The van der Waals surface area contributed by atoms with Crippen molar-refractivity contribution >= 4 is 40.7 Å². The van der Waals surface area contributed by atoms with E-state index in [1.54, 1.807) is 13.0 Å². The van der Waals surface area contributed by atoms with Crippen LogP contribution >= 0.6 is 11.6 Å². The molecule has 10 heteroatoms. The number of fused-ring (bicyclic) bond motifs is 1. The first-order valence-electron chi connectivity index (χ1n) is 7.60. The molecule has 3 rings (SSSR count). The summed E-state index contributed by atoms with van der Waals surface area (Å²) < 4.78 is 24.2. The topological polar surface area (TPSA) is 102 Å². The number of hydrogen-bond acceptors (Lipinski definition) is 7. The van der Waals surface area contributed by atoms with Crippen LogP contribution in [0.3, 0.4) is 0 Å². The van der Waals surface area contributed by atoms with Gasteiger partial charge in [0.25, 0.3) is 11.5 Å². The predicted octanol–water partition coefficient (Wildman–Crippen LogP) is 2.67. The van der Waals surface area contributed by atoms with Crippen LogP contribution in [0.5, 0.6) is 5.75 Å². The molecule has 26 heavy (non-hydrogen) atoms. The Morgan fingerprint density at radius 2 is 2.27 bits per heavy atom. The molecule has 2 N–H and O–H groups in total. The van der Waals surface area contributed by atoms with Crippen molar-refractivity contribution in [1.29, 1.82) is 0 Å². The van der Waals surface area contributed by atoms with Gasteiger partial charge in [-0.1, -0.05) is 0 Å².